The molecule has 0 spiro atoms. The van der Waals surface area contributed by atoms with Gasteiger partial charge in [-0.25, -0.2) is 0 Å². The van der Waals surface area contributed by atoms with Crippen LogP contribution in [-0.2, 0) is 6.54 Å². The predicted octanol–water partition coefficient (Wildman–Crippen LogP) is 1.90. The van der Waals surface area contributed by atoms with Crippen LogP contribution >= 0.6 is 0 Å². The highest BCUT2D eigenvalue weighted by molar-refractivity contribution is 5.31. The number of nitrogens with zero attached hydrogens (tertiary/aromatic N) is 3. The standard InChI is InChI=1S/C9H13N3O2/c1-7-9(12(13)14)5-10-11(7)6-8-3-2-4-8/h5,8H,2-4,6H2,1H3. The fraction of sp³-hybridized carbons (Fsp3) is 0.667. The third kappa shape index (κ3) is 1.49. The zero-order valence-corrected chi connectivity index (χ0v) is 8.14. The topological polar surface area (TPSA) is 61.0 Å². The lowest BCUT2D eigenvalue weighted by atomic mass is 9.85. The molecule has 1 aliphatic rings. The molecule has 1 aliphatic carbocycles. The quantitative estimate of drug-likeness (QED) is 0.546. The third-order valence-electron chi connectivity index (χ3n) is 2.93. The van der Waals surface area contributed by atoms with E-state index < -0.39 is 0 Å². The van der Waals surface area contributed by atoms with E-state index >= 15 is 0 Å². The van der Waals surface area contributed by atoms with Crippen LogP contribution in [0.4, 0.5) is 5.69 Å². The van der Waals surface area contributed by atoms with Crippen molar-refractivity contribution >= 4 is 5.69 Å². The Labute approximate surface area is 81.9 Å². The van der Waals surface area contributed by atoms with Gasteiger partial charge in [0.2, 0.25) is 0 Å². The maximum absolute atomic E-state index is 10.6. The number of hydrogen-bond acceptors (Lipinski definition) is 3. The zero-order valence-electron chi connectivity index (χ0n) is 8.14. The maximum Gasteiger partial charge on any atom is 0.309 e. The Morgan fingerprint density at radius 2 is 2.43 bits per heavy atom. The van der Waals surface area contributed by atoms with E-state index in [-0.39, 0.29) is 10.6 Å². The van der Waals surface area contributed by atoms with Gasteiger partial charge in [0.25, 0.3) is 0 Å². The van der Waals surface area contributed by atoms with Crippen molar-refractivity contribution in [3.05, 3.63) is 22.0 Å². The largest absolute Gasteiger partial charge is 0.309 e. The Balaban J connectivity index is 2.13. The minimum absolute atomic E-state index is 0.129. The minimum Gasteiger partial charge on any atom is -0.262 e. The minimum atomic E-state index is -0.375. The van der Waals surface area contributed by atoms with Crippen LogP contribution in [0.1, 0.15) is 25.0 Å². The van der Waals surface area contributed by atoms with Crippen LogP contribution in [0.15, 0.2) is 6.20 Å². The smallest absolute Gasteiger partial charge is 0.262 e. The van der Waals surface area contributed by atoms with Gasteiger partial charge in [0, 0.05) is 6.54 Å². The van der Waals surface area contributed by atoms with Crippen LogP contribution in [0.5, 0.6) is 0 Å². The van der Waals surface area contributed by atoms with Gasteiger partial charge in [0.05, 0.1) is 4.92 Å². The van der Waals surface area contributed by atoms with E-state index in [0.29, 0.717) is 11.6 Å². The monoisotopic (exact) mass is 195 g/mol. The lowest BCUT2D eigenvalue weighted by molar-refractivity contribution is -0.385. The highest BCUT2D eigenvalue weighted by Crippen LogP contribution is 2.29. The van der Waals surface area contributed by atoms with E-state index in [1.54, 1.807) is 11.6 Å². The molecule has 0 radical (unpaired) electrons. The summed E-state index contributed by atoms with van der Waals surface area (Å²) in [6.07, 6.45) is 5.08. The van der Waals surface area contributed by atoms with Gasteiger partial charge in [-0.3, -0.25) is 14.8 Å². The first-order chi connectivity index (χ1) is 6.68. The molecule has 5 heteroatoms. The second-order valence-electron chi connectivity index (χ2n) is 3.85. The zero-order chi connectivity index (χ0) is 10.1. The first-order valence-electron chi connectivity index (χ1n) is 4.85. The summed E-state index contributed by atoms with van der Waals surface area (Å²) in [5, 5.41) is 14.6. The molecule has 0 aliphatic heterocycles. The summed E-state index contributed by atoms with van der Waals surface area (Å²) in [5.41, 5.74) is 0.797. The molecule has 0 N–H and O–H groups in total. The fourth-order valence-corrected chi connectivity index (χ4v) is 1.72. The first kappa shape index (κ1) is 9.18. The van der Waals surface area contributed by atoms with E-state index in [1.807, 2.05) is 0 Å². The van der Waals surface area contributed by atoms with E-state index in [2.05, 4.69) is 5.10 Å². The van der Waals surface area contributed by atoms with Crippen LogP contribution in [0.2, 0.25) is 0 Å². The molecule has 2 rings (SSSR count). The summed E-state index contributed by atoms with van der Waals surface area (Å²) in [6.45, 7) is 2.59. The molecule has 1 saturated carbocycles. The van der Waals surface area contributed by atoms with Crippen molar-refractivity contribution in [2.45, 2.75) is 32.7 Å². The van der Waals surface area contributed by atoms with Gasteiger partial charge in [0.1, 0.15) is 11.9 Å². The number of hydrogen-bond donors (Lipinski definition) is 0. The van der Waals surface area contributed by atoms with Gasteiger partial charge in [-0.15, -0.1) is 0 Å². The SMILES string of the molecule is Cc1c([N+](=O)[O-])cnn1CC1CCC1. The number of aromatic nitrogens is 2. The van der Waals surface area contributed by atoms with Crippen LogP contribution < -0.4 is 0 Å². The molecule has 1 aromatic rings. The summed E-state index contributed by atoms with van der Waals surface area (Å²) in [5.74, 6) is 0.674. The second kappa shape index (κ2) is 3.40. The van der Waals surface area contributed by atoms with Gasteiger partial charge in [0.15, 0.2) is 0 Å². The molecule has 5 nitrogen and oxygen atoms in total. The van der Waals surface area contributed by atoms with E-state index in [1.165, 1.54) is 25.5 Å². The molecule has 1 fully saturated rings. The van der Waals surface area contributed by atoms with Gasteiger partial charge in [-0.1, -0.05) is 6.42 Å². The molecule has 14 heavy (non-hydrogen) atoms. The Hall–Kier alpha value is -1.39. The van der Waals surface area contributed by atoms with Crippen molar-refractivity contribution in [3.63, 3.8) is 0 Å². The average molecular weight is 195 g/mol. The molecular formula is C9H13N3O2. The Morgan fingerprint density at radius 1 is 1.71 bits per heavy atom. The van der Waals surface area contributed by atoms with Crippen LogP contribution in [0.25, 0.3) is 0 Å². The Kier molecular flexibility index (Phi) is 2.23. The molecule has 0 bridgehead atoms. The predicted molar refractivity (Wildman–Crippen MR) is 51.0 cm³/mol. The normalized spacial score (nSPS) is 16.6. The Bertz CT molecular complexity index is 355. The molecule has 0 atom stereocenters. The van der Waals surface area contributed by atoms with Crippen molar-refractivity contribution in [2.75, 3.05) is 0 Å². The number of rotatable bonds is 3. The van der Waals surface area contributed by atoms with Crippen LogP contribution in [0, 0.1) is 23.0 Å². The maximum atomic E-state index is 10.6. The summed E-state index contributed by atoms with van der Waals surface area (Å²) < 4.78 is 1.75. The average Bonchev–Trinajstić information content (AvgIpc) is 2.40. The lowest BCUT2D eigenvalue weighted by Crippen LogP contribution is -2.19. The highest BCUT2D eigenvalue weighted by atomic mass is 16.6. The summed E-state index contributed by atoms with van der Waals surface area (Å²) in [4.78, 5) is 10.2. The molecule has 0 saturated heterocycles. The molecule has 76 valence electrons. The molecule has 0 aromatic carbocycles. The van der Waals surface area contributed by atoms with Crippen LogP contribution in [-0.4, -0.2) is 14.7 Å². The Morgan fingerprint density at radius 3 is 2.86 bits per heavy atom. The molecule has 0 unspecified atom stereocenters. The van der Waals surface area contributed by atoms with Crippen molar-refractivity contribution in [1.29, 1.82) is 0 Å². The fourth-order valence-electron chi connectivity index (χ4n) is 1.72. The van der Waals surface area contributed by atoms with Crippen molar-refractivity contribution in [2.24, 2.45) is 5.92 Å². The van der Waals surface area contributed by atoms with Crippen molar-refractivity contribution < 1.29 is 4.92 Å². The summed E-state index contributed by atoms with van der Waals surface area (Å²) in [6, 6.07) is 0. The van der Waals surface area contributed by atoms with Gasteiger partial charge in [-0.2, -0.15) is 5.10 Å². The van der Waals surface area contributed by atoms with Crippen molar-refractivity contribution in [3.8, 4) is 0 Å². The summed E-state index contributed by atoms with van der Waals surface area (Å²) in [7, 11) is 0. The van der Waals surface area contributed by atoms with Gasteiger partial charge in [-0.05, 0) is 25.7 Å². The highest BCUT2D eigenvalue weighted by Gasteiger charge is 2.22. The lowest BCUT2D eigenvalue weighted by Gasteiger charge is -2.25. The summed E-state index contributed by atoms with van der Waals surface area (Å²) >= 11 is 0. The second-order valence-corrected chi connectivity index (χ2v) is 3.85. The molecular weight excluding hydrogens is 182 g/mol. The van der Waals surface area contributed by atoms with Crippen LogP contribution in [0.3, 0.4) is 0 Å². The van der Waals surface area contributed by atoms with Crippen molar-refractivity contribution in [1.82, 2.24) is 9.78 Å². The molecule has 1 aromatic heterocycles. The molecule has 1 heterocycles. The van der Waals surface area contributed by atoms with E-state index in [0.717, 1.165) is 6.54 Å². The van der Waals surface area contributed by atoms with E-state index in [4.69, 9.17) is 0 Å². The first-order valence-corrected chi connectivity index (χ1v) is 4.85. The van der Waals surface area contributed by atoms with Gasteiger partial charge < -0.3 is 0 Å². The molecule has 0 amide bonds. The third-order valence-corrected chi connectivity index (χ3v) is 2.93. The van der Waals surface area contributed by atoms with E-state index in [9.17, 15) is 10.1 Å². The number of nitro groups is 1. The van der Waals surface area contributed by atoms with Gasteiger partial charge >= 0.3 is 5.69 Å².